The number of amides is 1. The van der Waals surface area contributed by atoms with Gasteiger partial charge in [-0.2, -0.15) is 4.31 Å². The minimum Gasteiger partial charge on any atom is -0.355 e. The molecular weight excluding hydrogens is 430 g/mol. The summed E-state index contributed by atoms with van der Waals surface area (Å²) >= 11 is 6.98. The van der Waals surface area contributed by atoms with Crippen LogP contribution in [0.5, 0.6) is 0 Å². The lowest BCUT2D eigenvalue weighted by atomic mass is 9.85. The number of sulfonamides is 1. The van der Waals surface area contributed by atoms with Gasteiger partial charge in [-0.3, -0.25) is 4.79 Å². The third-order valence-corrected chi connectivity index (χ3v) is 9.79. The molecular formula is C20H32ClN3O3S2. The van der Waals surface area contributed by atoms with E-state index in [4.69, 9.17) is 11.6 Å². The van der Waals surface area contributed by atoms with E-state index < -0.39 is 10.0 Å². The van der Waals surface area contributed by atoms with Gasteiger partial charge in [0.2, 0.25) is 5.91 Å². The molecule has 0 spiro atoms. The molecule has 164 valence electrons. The maximum Gasteiger partial charge on any atom is 0.252 e. The van der Waals surface area contributed by atoms with E-state index >= 15 is 0 Å². The highest BCUT2D eigenvalue weighted by molar-refractivity contribution is 7.91. The van der Waals surface area contributed by atoms with Gasteiger partial charge in [0, 0.05) is 32.1 Å². The molecule has 1 N–H and O–H groups in total. The highest BCUT2D eigenvalue weighted by Crippen LogP contribution is 2.32. The van der Waals surface area contributed by atoms with Gasteiger partial charge in [-0.05, 0) is 56.8 Å². The number of hydrogen-bond donors (Lipinski definition) is 1. The Labute approximate surface area is 183 Å². The maximum atomic E-state index is 12.7. The van der Waals surface area contributed by atoms with E-state index in [2.05, 4.69) is 10.2 Å². The lowest BCUT2D eigenvalue weighted by molar-refractivity contribution is -0.126. The molecule has 2 saturated heterocycles. The van der Waals surface area contributed by atoms with Crippen LogP contribution in [0.3, 0.4) is 0 Å². The fraction of sp³-hybridized carbons (Fsp3) is 0.750. The fourth-order valence-corrected chi connectivity index (χ4v) is 7.36. The Balaban J connectivity index is 1.43. The van der Waals surface area contributed by atoms with Crippen LogP contribution in [0, 0.1) is 11.8 Å². The third kappa shape index (κ3) is 6.17. The zero-order valence-electron chi connectivity index (χ0n) is 17.1. The van der Waals surface area contributed by atoms with E-state index in [-0.39, 0.29) is 17.7 Å². The number of nitrogens with one attached hydrogen (secondary N) is 1. The molecule has 0 unspecified atom stereocenters. The second kappa shape index (κ2) is 10.6. The summed E-state index contributed by atoms with van der Waals surface area (Å²) < 4.78 is 27.7. The molecule has 3 rings (SSSR count). The van der Waals surface area contributed by atoms with Gasteiger partial charge in [0.15, 0.2) is 0 Å². The molecule has 2 fully saturated rings. The van der Waals surface area contributed by atoms with Gasteiger partial charge in [0.25, 0.3) is 10.0 Å². The predicted molar refractivity (Wildman–Crippen MR) is 118 cm³/mol. The van der Waals surface area contributed by atoms with E-state index in [9.17, 15) is 13.2 Å². The van der Waals surface area contributed by atoms with Crippen molar-refractivity contribution < 1.29 is 13.2 Å². The first-order valence-electron chi connectivity index (χ1n) is 10.6. The maximum absolute atomic E-state index is 12.7. The topological polar surface area (TPSA) is 69.7 Å². The van der Waals surface area contributed by atoms with Crippen LogP contribution in [0.1, 0.15) is 45.4 Å². The van der Waals surface area contributed by atoms with Crippen LogP contribution in [-0.2, 0) is 14.8 Å². The molecule has 0 bridgehead atoms. The van der Waals surface area contributed by atoms with E-state index in [1.54, 1.807) is 12.1 Å². The largest absolute Gasteiger partial charge is 0.355 e. The van der Waals surface area contributed by atoms with Crippen LogP contribution in [0.4, 0.5) is 0 Å². The number of carbonyl (C=O) groups excluding carboxylic acids is 1. The summed E-state index contributed by atoms with van der Waals surface area (Å²) in [5, 5.41) is 3.09. The van der Waals surface area contributed by atoms with Crippen molar-refractivity contribution in [2.75, 3.05) is 39.3 Å². The van der Waals surface area contributed by atoms with Gasteiger partial charge in [-0.25, -0.2) is 8.42 Å². The number of halogens is 1. The summed E-state index contributed by atoms with van der Waals surface area (Å²) in [5.74, 6) is 0.206. The third-order valence-electron chi connectivity index (χ3n) is 6.19. The zero-order chi connectivity index (χ0) is 20.9. The Bertz CT molecular complexity index is 768. The van der Waals surface area contributed by atoms with Crippen molar-refractivity contribution >= 4 is 38.9 Å². The smallest absolute Gasteiger partial charge is 0.252 e. The average molecular weight is 462 g/mol. The van der Waals surface area contributed by atoms with Crippen LogP contribution >= 0.6 is 22.9 Å². The second-order valence-electron chi connectivity index (χ2n) is 8.14. The molecule has 2 aliphatic rings. The molecule has 9 heteroatoms. The molecule has 1 atom stereocenters. The van der Waals surface area contributed by atoms with Crippen LogP contribution in [0.2, 0.25) is 4.34 Å². The van der Waals surface area contributed by atoms with Crippen molar-refractivity contribution in [3.63, 3.8) is 0 Å². The Hall–Kier alpha value is -0.670. The number of carbonyl (C=O) groups is 1. The number of likely N-dealkylation sites (tertiary alicyclic amines) is 1. The fourth-order valence-electron chi connectivity index (χ4n) is 4.25. The summed E-state index contributed by atoms with van der Waals surface area (Å²) in [6.45, 7) is 6.74. The van der Waals surface area contributed by atoms with E-state index in [1.165, 1.54) is 30.0 Å². The van der Waals surface area contributed by atoms with Gasteiger partial charge in [-0.1, -0.05) is 31.4 Å². The van der Waals surface area contributed by atoms with Gasteiger partial charge in [-0.15, -0.1) is 11.3 Å². The molecule has 3 heterocycles. The minimum atomic E-state index is -3.48. The zero-order valence-corrected chi connectivity index (χ0v) is 19.5. The number of nitrogens with zero attached hydrogens (tertiary/aromatic N) is 2. The van der Waals surface area contributed by atoms with Crippen molar-refractivity contribution in [2.24, 2.45) is 11.8 Å². The van der Waals surface area contributed by atoms with Crippen LogP contribution in [0.15, 0.2) is 16.3 Å². The molecule has 2 aliphatic heterocycles. The highest BCUT2D eigenvalue weighted by atomic mass is 35.5. The number of piperidine rings is 1. The molecule has 29 heavy (non-hydrogen) atoms. The normalized spacial score (nSPS) is 21.6. The Morgan fingerprint density at radius 2 is 1.83 bits per heavy atom. The highest BCUT2D eigenvalue weighted by Gasteiger charge is 2.34. The van der Waals surface area contributed by atoms with Crippen LogP contribution in [-0.4, -0.2) is 62.8 Å². The van der Waals surface area contributed by atoms with Gasteiger partial charge in [0.1, 0.15) is 4.21 Å². The quantitative estimate of drug-likeness (QED) is 0.675. The summed E-state index contributed by atoms with van der Waals surface area (Å²) in [6.07, 6.45) is 6.55. The first kappa shape index (κ1) is 23.0. The summed E-state index contributed by atoms with van der Waals surface area (Å²) in [5.41, 5.74) is 0. The lowest BCUT2D eigenvalue weighted by Crippen LogP contribution is -2.43. The SMILES string of the molecule is C[C@H](C(=O)NCCN1CCCCCC1)C1CCN(S(=O)(=O)c2ccc(Cl)s2)CC1. The molecule has 1 aromatic heterocycles. The molecule has 0 saturated carbocycles. The number of hydrogen-bond acceptors (Lipinski definition) is 5. The van der Waals surface area contributed by atoms with Gasteiger partial charge < -0.3 is 10.2 Å². The van der Waals surface area contributed by atoms with Crippen LogP contribution in [0.25, 0.3) is 0 Å². The predicted octanol–water partition coefficient (Wildman–Crippen LogP) is 3.43. The number of rotatable bonds is 7. The molecule has 0 radical (unpaired) electrons. The summed E-state index contributed by atoms with van der Waals surface area (Å²) in [4.78, 5) is 15.0. The lowest BCUT2D eigenvalue weighted by Gasteiger charge is -2.33. The average Bonchev–Trinajstić information content (AvgIpc) is 3.00. The van der Waals surface area contributed by atoms with Crippen molar-refractivity contribution in [2.45, 2.75) is 49.7 Å². The standard InChI is InChI=1S/C20H32ClN3O3S2/c1-16(20(25)22-10-15-23-11-4-2-3-5-12-23)17-8-13-24(14-9-17)29(26,27)19-7-6-18(21)28-19/h6-7,16-17H,2-5,8-15H2,1H3,(H,22,25)/t16-/m0/s1. The van der Waals surface area contributed by atoms with Gasteiger partial charge in [0.05, 0.1) is 4.34 Å². The van der Waals surface area contributed by atoms with E-state index in [0.29, 0.717) is 41.0 Å². The molecule has 0 aromatic carbocycles. The van der Waals surface area contributed by atoms with Crippen molar-refractivity contribution in [1.82, 2.24) is 14.5 Å². The van der Waals surface area contributed by atoms with Crippen LogP contribution < -0.4 is 5.32 Å². The summed E-state index contributed by atoms with van der Waals surface area (Å²) in [7, 11) is -3.48. The molecule has 1 amide bonds. The van der Waals surface area contributed by atoms with E-state index in [1.807, 2.05) is 6.92 Å². The first-order valence-corrected chi connectivity index (χ1v) is 13.3. The Morgan fingerprint density at radius 1 is 1.17 bits per heavy atom. The first-order chi connectivity index (χ1) is 13.9. The van der Waals surface area contributed by atoms with Crippen molar-refractivity contribution in [3.8, 4) is 0 Å². The van der Waals surface area contributed by atoms with E-state index in [0.717, 1.165) is 31.0 Å². The Morgan fingerprint density at radius 3 is 2.41 bits per heavy atom. The monoisotopic (exact) mass is 461 g/mol. The van der Waals surface area contributed by atoms with Gasteiger partial charge >= 0.3 is 0 Å². The van der Waals surface area contributed by atoms with Crippen molar-refractivity contribution in [1.29, 1.82) is 0 Å². The summed E-state index contributed by atoms with van der Waals surface area (Å²) in [6, 6.07) is 3.18. The Kier molecular flexibility index (Phi) is 8.39. The van der Waals surface area contributed by atoms with Crippen molar-refractivity contribution in [3.05, 3.63) is 16.5 Å². The molecule has 6 nitrogen and oxygen atoms in total. The number of thiophene rings is 1. The second-order valence-corrected chi connectivity index (χ2v) is 12.0. The molecule has 0 aliphatic carbocycles. The molecule has 1 aromatic rings. The minimum absolute atomic E-state index is 0.0890.